The van der Waals surface area contributed by atoms with Crippen molar-refractivity contribution in [3.05, 3.63) is 29.8 Å². The van der Waals surface area contributed by atoms with Gasteiger partial charge in [-0.05, 0) is 43.4 Å². The lowest BCUT2D eigenvalue weighted by atomic mass is 9.73. The van der Waals surface area contributed by atoms with Gasteiger partial charge >= 0.3 is 6.03 Å². The minimum Gasteiger partial charge on any atom is -0.378 e. The number of ether oxygens (including phenoxy) is 1. The molecule has 31 heavy (non-hydrogen) atoms. The molecule has 0 radical (unpaired) electrons. The van der Waals surface area contributed by atoms with Gasteiger partial charge in [0.2, 0.25) is 5.91 Å². The summed E-state index contributed by atoms with van der Waals surface area (Å²) in [6.45, 7) is 6.86. The van der Waals surface area contributed by atoms with Crippen LogP contribution in [0.2, 0.25) is 0 Å². The van der Waals surface area contributed by atoms with Crippen molar-refractivity contribution in [3.8, 4) is 0 Å². The summed E-state index contributed by atoms with van der Waals surface area (Å²) in [6.07, 6.45) is 3.52. The first-order valence-electron chi connectivity index (χ1n) is 11.3. The van der Waals surface area contributed by atoms with Crippen molar-refractivity contribution in [2.24, 2.45) is 5.92 Å². The zero-order valence-electron chi connectivity index (χ0n) is 18.4. The molecule has 0 bridgehead atoms. The molecule has 1 saturated carbocycles. The quantitative estimate of drug-likeness (QED) is 0.702. The van der Waals surface area contributed by atoms with Gasteiger partial charge in [-0.25, -0.2) is 4.79 Å². The smallest absolute Gasteiger partial charge is 0.325 e. The molecule has 3 atom stereocenters. The summed E-state index contributed by atoms with van der Waals surface area (Å²) in [7, 11) is 0. The Kier molecular flexibility index (Phi) is 6.18. The van der Waals surface area contributed by atoms with E-state index in [1.165, 1.54) is 0 Å². The van der Waals surface area contributed by atoms with Gasteiger partial charge in [0, 0.05) is 18.8 Å². The molecule has 2 saturated heterocycles. The van der Waals surface area contributed by atoms with Crippen LogP contribution in [0.25, 0.3) is 0 Å². The van der Waals surface area contributed by atoms with Crippen LogP contribution < -0.4 is 15.5 Å². The molecule has 3 aliphatic rings. The zero-order valence-corrected chi connectivity index (χ0v) is 18.4. The van der Waals surface area contributed by atoms with Gasteiger partial charge in [-0.15, -0.1) is 0 Å². The third-order valence-electron chi connectivity index (χ3n) is 6.95. The minimum absolute atomic E-state index is 0.0784. The highest BCUT2D eigenvalue weighted by Crippen LogP contribution is 2.38. The topological polar surface area (TPSA) is 91.0 Å². The maximum Gasteiger partial charge on any atom is 0.325 e. The molecule has 4 rings (SSSR count). The SMILES string of the molecule is CC(NC(=O)CN1C(=O)NC2(CCCCC2C)C1=O)c1ccc(N2CCOCC2)cc1. The number of urea groups is 1. The second-order valence-electron chi connectivity index (χ2n) is 8.92. The minimum atomic E-state index is -0.837. The first-order valence-corrected chi connectivity index (χ1v) is 11.3. The summed E-state index contributed by atoms with van der Waals surface area (Å²) < 4.78 is 5.39. The van der Waals surface area contributed by atoms with Crippen LogP contribution in [0.5, 0.6) is 0 Å². The molecule has 2 N–H and O–H groups in total. The highest BCUT2D eigenvalue weighted by molar-refractivity contribution is 6.09. The Morgan fingerprint density at radius 1 is 1.23 bits per heavy atom. The third kappa shape index (κ3) is 4.26. The Morgan fingerprint density at radius 2 is 1.94 bits per heavy atom. The average Bonchev–Trinajstić information content (AvgIpc) is 3.01. The van der Waals surface area contributed by atoms with E-state index >= 15 is 0 Å². The van der Waals surface area contributed by atoms with E-state index in [-0.39, 0.29) is 30.3 Å². The molecule has 4 amide bonds. The van der Waals surface area contributed by atoms with Crippen LogP contribution >= 0.6 is 0 Å². The average molecular weight is 429 g/mol. The molecule has 1 aromatic carbocycles. The van der Waals surface area contributed by atoms with Gasteiger partial charge in [0.15, 0.2) is 0 Å². The molecule has 2 aliphatic heterocycles. The van der Waals surface area contributed by atoms with Crippen LogP contribution in [-0.4, -0.2) is 61.1 Å². The Hall–Kier alpha value is -2.61. The van der Waals surface area contributed by atoms with E-state index in [1.807, 2.05) is 26.0 Å². The van der Waals surface area contributed by atoms with Crippen LogP contribution in [0.4, 0.5) is 10.5 Å². The van der Waals surface area contributed by atoms with Crippen LogP contribution in [0.3, 0.4) is 0 Å². The van der Waals surface area contributed by atoms with Crippen LogP contribution in [-0.2, 0) is 14.3 Å². The number of morpholine rings is 1. The van der Waals surface area contributed by atoms with Gasteiger partial charge in [-0.2, -0.15) is 0 Å². The van der Waals surface area contributed by atoms with Crippen LogP contribution in [0.15, 0.2) is 24.3 Å². The van der Waals surface area contributed by atoms with E-state index in [9.17, 15) is 14.4 Å². The van der Waals surface area contributed by atoms with E-state index in [1.54, 1.807) is 0 Å². The van der Waals surface area contributed by atoms with Crippen molar-refractivity contribution in [3.63, 3.8) is 0 Å². The summed E-state index contributed by atoms with van der Waals surface area (Å²) in [6, 6.07) is 7.42. The van der Waals surface area contributed by atoms with Gasteiger partial charge in [0.05, 0.1) is 19.3 Å². The van der Waals surface area contributed by atoms with Gasteiger partial charge in [0.1, 0.15) is 12.1 Å². The number of hydrogen-bond donors (Lipinski definition) is 2. The third-order valence-corrected chi connectivity index (χ3v) is 6.95. The monoisotopic (exact) mass is 428 g/mol. The fraction of sp³-hybridized carbons (Fsp3) is 0.609. The molecule has 0 aromatic heterocycles. The van der Waals surface area contributed by atoms with Gasteiger partial charge in [-0.1, -0.05) is 31.9 Å². The largest absolute Gasteiger partial charge is 0.378 e. The number of hydrogen-bond acceptors (Lipinski definition) is 5. The maximum absolute atomic E-state index is 13.0. The molecule has 3 fully saturated rings. The number of rotatable bonds is 5. The number of anilines is 1. The number of carbonyl (C=O) groups is 3. The molecule has 1 spiro atoms. The van der Waals surface area contributed by atoms with Crippen molar-refractivity contribution in [1.82, 2.24) is 15.5 Å². The molecule has 1 aromatic rings. The van der Waals surface area contributed by atoms with Crippen LogP contribution in [0, 0.1) is 5.92 Å². The van der Waals surface area contributed by atoms with Crippen molar-refractivity contribution in [2.45, 2.75) is 51.1 Å². The van der Waals surface area contributed by atoms with Gasteiger partial charge in [0.25, 0.3) is 5.91 Å². The molecule has 3 unspecified atom stereocenters. The first kappa shape index (κ1) is 21.6. The summed E-state index contributed by atoms with van der Waals surface area (Å²) in [4.78, 5) is 41.5. The molecule has 8 heteroatoms. The second kappa shape index (κ2) is 8.86. The molecule has 2 heterocycles. The number of imide groups is 1. The Labute approximate surface area is 183 Å². The lowest BCUT2D eigenvalue weighted by molar-refractivity contribution is -0.137. The van der Waals surface area contributed by atoms with E-state index in [0.717, 1.165) is 61.7 Å². The number of amides is 4. The molecule has 168 valence electrons. The fourth-order valence-electron chi connectivity index (χ4n) is 4.95. The van der Waals surface area contributed by atoms with E-state index in [2.05, 4.69) is 27.7 Å². The lowest BCUT2D eigenvalue weighted by Gasteiger charge is -2.36. The number of nitrogens with zero attached hydrogens (tertiary/aromatic N) is 2. The van der Waals surface area contributed by atoms with E-state index in [4.69, 9.17) is 4.74 Å². The van der Waals surface area contributed by atoms with Crippen LogP contribution in [0.1, 0.15) is 51.1 Å². The van der Waals surface area contributed by atoms with E-state index < -0.39 is 11.6 Å². The van der Waals surface area contributed by atoms with Crippen molar-refractivity contribution < 1.29 is 19.1 Å². The van der Waals surface area contributed by atoms with Crippen molar-refractivity contribution in [2.75, 3.05) is 37.7 Å². The highest BCUT2D eigenvalue weighted by Gasteiger charge is 2.55. The number of benzene rings is 1. The van der Waals surface area contributed by atoms with Gasteiger partial charge < -0.3 is 20.3 Å². The maximum atomic E-state index is 13.0. The normalized spacial score (nSPS) is 27.4. The zero-order chi connectivity index (χ0) is 22.0. The lowest BCUT2D eigenvalue weighted by Crippen LogP contribution is -2.54. The second-order valence-corrected chi connectivity index (χ2v) is 8.92. The summed E-state index contributed by atoms with van der Waals surface area (Å²) in [5, 5.41) is 5.81. The van der Waals surface area contributed by atoms with Gasteiger partial charge in [-0.3, -0.25) is 14.5 Å². The fourth-order valence-corrected chi connectivity index (χ4v) is 4.95. The number of carbonyl (C=O) groups excluding carboxylic acids is 3. The molecular formula is C23H32N4O4. The highest BCUT2D eigenvalue weighted by atomic mass is 16.5. The first-order chi connectivity index (χ1) is 14.9. The molecular weight excluding hydrogens is 396 g/mol. The van der Waals surface area contributed by atoms with E-state index in [0.29, 0.717) is 6.42 Å². The molecule has 8 nitrogen and oxygen atoms in total. The predicted octanol–water partition coefficient (Wildman–Crippen LogP) is 2.20. The summed E-state index contributed by atoms with van der Waals surface area (Å²) >= 11 is 0. The summed E-state index contributed by atoms with van der Waals surface area (Å²) in [5.41, 5.74) is 1.27. The molecule has 1 aliphatic carbocycles. The standard InChI is InChI=1S/C23H32N4O4/c1-16-5-3-4-10-23(16)21(29)27(22(30)25-23)15-20(28)24-17(2)18-6-8-19(9-7-18)26-11-13-31-14-12-26/h6-9,16-17H,3-5,10-15H2,1-2H3,(H,24,28)(H,25,30). The van der Waals surface area contributed by atoms with Crippen molar-refractivity contribution in [1.29, 1.82) is 0 Å². The predicted molar refractivity (Wildman–Crippen MR) is 117 cm³/mol. The number of nitrogens with one attached hydrogen (secondary N) is 2. The summed E-state index contributed by atoms with van der Waals surface area (Å²) in [5.74, 6) is -0.522. The van der Waals surface area contributed by atoms with Crippen molar-refractivity contribution >= 4 is 23.5 Å². The Balaban J connectivity index is 1.35. The Morgan fingerprint density at radius 3 is 2.61 bits per heavy atom. The Bertz CT molecular complexity index is 836.